The summed E-state index contributed by atoms with van der Waals surface area (Å²) in [6.45, 7) is 0. The van der Waals surface area contributed by atoms with Gasteiger partial charge in [-0.2, -0.15) is 0 Å². The summed E-state index contributed by atoms with van der Waals surface area (Å²) in [7, 11) is 0. The number of carbonyl (C=O) groups excluding carboxylic acids is 1. The Balaban J connectivity index is 2.55. The van der Waals surface area contributed by atoms with E-state index in [2.05, 4.69) is 4.74 Å². The zero-order valence-corrected chi connectivity index (χ0v) is 4.48. The summed E-state index contributed by atoms with van der Waals surface area (Å²) in [4.78, 5) is 9.98. The molecule has 0 amide bonds. The van der Waals surface area contributed by atoms with E-state index in [0.717, 1.165) is 6.26 Å². The first kappa shape index (κ1) is 6.10. The van der Waals surface area contributed by atoms with E-state index >= 15 is 0 Å². The molecule has 0 aromatic carbocycles. The van der Waals surface area contributed by atoms with Crippen LogP contribution in [0.4, 0.5) is 0 Å². The van der Waals surface area contributed by atoms with Crippen LogP contribution in [0.5, 0.6) is 0 Å². The van der Waals surface area contributed by atoms with Gasteiger partial charge in [0, 0.05) is 0 Å². The van der Waals surface area contributed by atoms with E-state index in [1.54, 1.807) is 0 Å². The van der Waals surface area contributed by atoms with Crippen LogP contribution in [0.15, 0.2) is 12.3 Å². The summed E-state index contributed by atoms with van der Waals surface area (Å²) in [6.07, 6.45) is 0.117. The average molecular weight is 129 g/mol. The number of carboxylic acid groups (broad SMARTS) is 1. The highest BCUT2D eigenvalue weighted by atomic mass is 16.5. The third kappa shape index (κ3) is 1.02. The molecule has 0 saturated carbocycles. The lowest BCUT2D eigenvalue weighted by Crippen LogP contribution is -2.41. The Kier molecular flexibility index (Phi) is 1.40. The summed E-state index contributed by atoms with van der Waals surface area (Å²) in [5, 5.41) is 18.7. The van der Waals surface area contributed by atoms with Crippen molar-refractivity contribution in [2.24, 2.45) is 0 Å². The number of carboxylic acids is 1. The molecular weight excluding hydrogens is 124 g/mol. The molecule has 1 rings (SSSR count). The van der Waals surface area contributed by atoms with Crippen molar-refractivity contribution in [1.29, 1.82) is 0 Å². The molecule has 1 aliphatic rings. The second kappa shape index (κ2) is 2.06. The lowest BCUT2D eigenvalue weighted by Gasteiger charge is -2.13. The molecule has 1 N–H and O–H groups in total. The molecule has 0 saturated heterocycles. The minimum Gasteiger partial charge on any atom is -0.546 e. The van der Waals surface area contributed by atoms with Gasteiger partial charge in [0.1, 0.15) is 6.10 Å². The third-order valence-corrected chi connectivity index (χ3v) is 1.04. The minimum absolute atomic E-state index is 1.06. The molecule has 0 aliphatic carbocycles. The molecule has 4 heteroatoms. The van der Waals surface area contributed by atoms with Crippen molar-refractivity contribution in [3.05, 3.63) is 12.3 Å². The predicted molar refractivity (Wildman–Crippen MR) is 25.0 cm³/mol. The van der Waals surface area contributed by atoms with Crippen molar-refractivity contribution in [2.45, 2.75) is 12.2 Å². The molecule has 0 radical (unpaired) electrons. The number of carbonyl (C=O) groups is 1. The van der Waals surface area contributed by atoms with Crippen LogP contribution >= 0.6 is 0 Å². The van der Waals surface area contributed by atoms with Crippen LogP contribution in [0.3, 0.4) is 0 Å². The maximum absolute atomic E-state index is 9.98. The van der Waals surface area contributed by atoms with Crippen molar-refractivity contribution >= 4 is 5.97 Å². The summed E-state index contributed by atoms with van der Waals surface area (Å²) in [6, 6.07) is 0. The van der Waals surface area contributed by atoms with Crippen molar-refractivity contribution in [3.63, 3.8) is 0 Å². The number of hydrogen-bond acceptors (Lipinski definition) is 4. The molecule has 2 atom stereocenters. The van der Waals surface area contributed by atoms with Crippen LogP contribution in [0.2, 0.25) is 0 Å². The fourth-order valence-corrected chi connectivity index (χ4v) is 0.587. The summed E-state index contributed by atoms with van der Waals surface area (Å²) in [5.41, 5.74) is 0. The summed E-state index contributed by atoms with van der Waals surface area (Å²) in [5.74, 6) is -1.40. The van der Waals surface area contributed by atoms with Gasteiger partial charge in [-0.15, -0.1) is 0 Å². The summed E-state index contributed by atoms with van der Waals surface area (Å²) < 4.78 is 4.43. The first-order valence-electron chi connectivity index (χ1n) is 2.43. The number of aliphatic carboxylic acids is 1. The van der Waals surface area contributed by atoms with Gasteiger partial charge < -0.3 is 19.7 Å². The molecule has 50 valence electrons. The van der Waals surface area contributed by atoms with E-state index in [1.165, 1.54) is 6.08 Å². The van der Waals surface area contributed by atoms with E-state index in [0.29, 0.717) is 0 Å². The minimum atomic E-state index is -1.40. The van der Waals surface area contributed by atoms with Crippen LogP contribution in [-0.4, -0.2) is 23.3 Å². The first-order chi connectivity index (χ1) is 4.22. The standard InChI is InChI=1S/C5H6O4/c6-3-1-2-9-4(3)5(7)8/h1-4,6H,(H,7,8)/p-1. The molecule has 0 aromatic heterocycles. The van der Waals surface area contributed by atoms with Crippen molar-refractivity contribution in [1.82, 2.24) is 0 Å². The third-order valence-electron chi connectivity index (χ3n) is 1.04. The topological polar surface area (TPSA) is 69.6 Å². The molecule has 0 spiro atoms. The number of aliphatic hydroxyl groups is 1. The first-order valence-corrected chi connectivity index (χ1v) is 2.43. The normalized spacial score (nSPS) is 32.1. The van der Waals surface area contributed by atoms with Crippen LogP contribution < -0.4 is 5.11 Å². The number of hydrogen-bond donors (Lipinski definition) is 1. The second-order valence-corrected chi connectivity index (χ2v) is 1.69. The fourth-order valence-electron chi connectivity index (χ4n) is 0.587. The Hall–Kier alpha value is -1.03. The largest absolute Gasteiger partial charge is 0.546 e. The van der Waals surface area contributed by atoms with Gasteiger partial charge in [-0.1, -0.05) is 0 Å². The molecule has 0 fully saturated rings. The second-order valence-electron chi connectivity index (χ2n) is 1.69. The molecule has 0 bridgehead atoms. The molecule has 9 heavy (non-hydrogen) atoms. The van der Waals surface area contributed by atoms with Gasteiger partial charge in [-0.05, 0) is 6.08 Å². The van der Waals surface area contributed by atoms with Gasteiger partial charge in [-0.25, -0.2) is 0 Å². The number of aliphatic hydroxyl groups excluding tert-OH is 1. The van der Waals surface area contributed by atoms with Crippen LogP contribution in [-0.2, 0) is 9.53 Å². The average Bonchev–Trinajstić information content (AvgIpc) is 2.13. The van der Waals surface area contributed by atoms with Crippen LogP contribution in [0, 0.1) is 0 Å². The maximum atomic E-state index is 9.98. The monoisotopic (exact) mass is 129 g/mol. The van der Waals surface area contributed by atoms with Gasteiger partial charge in [0.2, 0.25) is 0 Å². The lowest BCUT2D eigenvalue weighted by molar-refractivity contribution is -0.316. The Morgan fingerprint density at radius 1 is 1.78 bits per heavy atom. The van der Waals surface area contributed by atoms with Crippen LogP contribution in [0.25, 0.3) is 0 Å². The Labute approximate surface area is 51.4 Å². The van der Waals surface area contributed by atoms with Crippen molar-refractivity contribution in [2.75, 3.05) is 0 Å². The van der Waals surface area contributed by atoms with E-state index < -0.39 is 18.2 Å². The highest BCUT2D eigenvalue weighted by molar-refractivity contribution is 5.71. The van der Waals surface area contributed by atoms with E-state index in [-0.39, 0.29) is 0 Å². The maximum Gasteiger partial charge on any atom is 0.166 e. The quantitative estimate of drug-likeness (QED) is 0.445. The Morgan fingerprint density at radius 3 is 2.67 bits per heavy atom. The zero-order chi connectivity index (χ0) is 6.85. The zero-order valence-electron chi connectivity index (χ0n) is 4.48. The highest BCUT2D eigenvalue weighted by Gasteiger charge is 2.22. The van der Waals surface area contributed by atoms with Crippen molar-refractivity contribution in [3.8, 4) is 0 Å². The number of rotatable bonds is 1. The number of ether oxygens (including phenoxy) is 1. The molecule has 0 aromatic rings. The van der Waals surface area contributed by atoms with Crippen LogP contribution in [0.1, 0.15) is 0 Å². The van der Waals surface area contributed by atoms with Gasteiger partial charge in [0.15, 0.2) is 6.10 Å². The predicted octanol–water partition coefficient (Wildman–Crippen LogP) is -1.99. The Bertz CT molecular complexity index is 151. The lowest BCUT2D eigenvalue weighted by atomic mass is 10.2. The smallest absolute Gasteiger partial charge is 0.166 e. The van der Waals surface area contributed by atoms with Gasteiger partial charge in [0.25, 0.3) is 0 Å². The van der Waals surface area contributed by atoms with Gasteiger partial charge in [-0.3, -0.25) is 0 Å². The summed E-state index contributed by atoms with van der Waals surface area (Å²) >= 11 is 0. The Morgan fingerprint density at radius 2 is 2.44 bits per heavy atom. The molecule has 4 nitrogen and oxygen atoms in total. The fraction of sp³-hybridized carbons (Fsp3) is 0.400. The SMILES string of the molecule is O=C([O-])C1OC=CC1O. The van der Waals surface area contributed by atoms with E-state index in [9.17, 15) is 9.90 Å². The molecule has 2 unspecified atom stereocenters. The highest BCUT2D eigenvalue weighted by Crippen LogP contribution is 2.08. The van der Waals surface area contributed by atoms with Gasteiger partial charge in [0.05, 0.1) is 12.2 Å². The van der Waals surface area contributed by atoms with E-state index in [1.807, 2.05) is 0 Å². The van der Waals surface area contributed by atoms with Gasteiger partial charge >= 0.3 is 0 Å². The molecule has 1 heterocycles. The molecular formula is C5H5O4-. The van der Waals surface area contributed by atoms with Crippen molar-refractivity contribution < 1.29 is 19.7 Å². The molecule has 1 aliphatic heterocycles. The van der Waals surface area contributed by atoms with E-state index in [4.69, 9.17) is 5.11 Å².